The molecule has 5 aromatic heterocycles. The Kier molecular flexibility index (Phi) is 15.3. The first kappa shape index (κ1) is 52.8. The van der Waals surface area contributed by atoms with E-state index in [1.54, 1.807) is 51.8 Å². The molecule has 18 nitrogen and oxygen atoms in total. The number of carbonyl (C=O) groups excluding carboxylic acids is 6. The number of ether oxygens (including phenoxy) is 2. The average Bonchev–Trinajstić information content (AvgIpc) is 4.38. The van der Waals surface area contributed by atoms with Crippen molar-refractivity contribution >= 4 is 90.2 Å². The first-order valence-corrected chi connectivity index (χ1v) is 26.2. The summed E-state index contributed by atoms with van der Waals surface area (Å²) in [5, 5.41) is 18.7. The number of methoxy groups -OCH3 is 1. The number of H-pyrrole nitrogens is 5. The van der Waals surface area contributed by atoms with E-state index in [1.807, 2.05) is 121 Å². The van der Waals surface area contributed by atoms with Gasteiger partial charge >= 0.3 is 12.1 Å². The van der Waals surface area contributed by atoms with Crippen LogP contribution >= 0.6 is 0 Å². The zero-order valence-electron chi connectivity index (χ0n) is 44.1. The van der Waals surface area contributed by atoms with Gasteiger partial charge in [-0.15, -0.1) is 0 Å². The molecule has 10 rings (SSSR count). The summed E-state index contributed by atoms with van der Waals surface area (Å²) in [6.07, 6.45) is 8.04. The van der Waals surface area contributed by atoms with Crippen LogP contribution in [0.1, 0.15) is 48.6 Å². The van der Waals surface area contributed by atoms with E-state index in [9.17, 15) is 19.2 Å². The van der Waals surface area contributed by atoms with Crippen molar-refractivity contribution < 1.29 is 38.2 Å². The quantitative estimate of drug-likeness (QED) is 0.0339. The van der Waals surface area contributed by atoms with E-state index in [2.05, 4.69) is 51.5 Å². The van der Waals surface area contributed by atoms with E-state index in [1.165, 1.54) is 7.11 Å². The lowest BCUT2D eigenvalue weighted by molar-refractivity contribution is -0.145. The monoisotopic (exact) mass is 1060 g/mol. The molecule has 10 N–H and O–H groups in total. The summed E-state index contributed by atoms with van der Waals surface area (Å²) in [5.41, 5.74) is 6.82. The highest BCUT2D eigenvalue weighted by Crippen LogP contribution is 2.25. The number of hydrogen-bond acceptors (Lipinski definition) is 8. The van der Waals surface area contributed by atoms with Gasteiger partial charge in [-0.3, -0.25) is 19.2 Å². The summed E-state index contributed by atoms with van der Waals surface area (Å²) < 4.78 is 10.8. The number of esters is 1. The van der Waals surface area contributed by atoms with Crippen molar-refractivity contribution in [3.8, 4) is 0 Å². The Hall–Kier alpha value is -9.58. The molecular formula is C61H62N10O8. The van der Waals surface area contributed by atoms with Gasteiger partial charge < -0.3 is 61.0 Å². The molecule has 0 radical (unpaired) electrons. The molecule has 10 aromatic rings. The van der Waals surface area contributed by atoms with Crippen LogP contribution in [0.3, 0.4) is 0 Å². The molecular weight excluding hydrogens is 1000 g/mol. The predicted molar refractivity (Wildman–Crippen MR) is 303 cm³/mol. The van der Waals surface area contributed by atoms with Crippen molar-refractivity contribution in [1.82, 2.24) is 51.5 Å². The zero-order valence-corrected chi connectivity index (χ0v) is 44.1. The third kappa shape index (κ3) is 12.2. The fourth-order valence-electron chi connectivity index (χ4n) is 10.3. The van der Waals surface area contributed by atoms with Crippen LogP contribution < -0.4 is 26.6 Å². The number of rotatable bonds is 20. The Bertz CT molecular complexity index is 3860. The lowest BCUT2D eigenvalue weighted by Crippen LogP contribution is -2.60. The molecule has 0 fully saturated rings. The SMILES string of the molecule is COC(=O)C(Cc1c[nH]c2ccccc12)NC(=O)C(Cc1c[nH]c2ccccc12)NC(=O)C(Cc1c[nH]c2ccccc12)NC(=O)C(Cc1c[nH]c2ccccc12)NC(=O)C(Cc1c[nH]c2ccccc12)NC(=O)OC(C)(C)C. The van der Waals surface area contributed by atoms with Crippen LogP contribution in [-0.4, -0.2) is 104 Å². The molecule has 0 spiro atoms. The van der Waals surface area contributed by atoms with Gasteiger partial charge in [-0.05, 0) is 78.9 Å². The van der Waals surface area contributed by atoms with Crippen LogP contribution in [0.2, 0.25) is 0 Å². The number of aromatic nitrogens is 5. The van der Waals surface area contributed by atoms with Crippen LogP contribution in [0, 0.1) is 0 Å². The number of carbonyl (C=O) groups is 6. The maximum absolute atomic E-state index is 15.3. The maximum Gasteiger partial charge on any atom is 0.408 e. The van der Waals surface area contributed by atoms with Crippen LogP contribution in [0.15, 0.2) is 152 Å². The van der Waals surface area contributed by atoms with E-state index in [4.69, 9.17) is 9.47 Å². The number of para-hydroxylation sites is 5. The van der Waals surface area contributed by atoms with Gasteiger partial charge in [-0.25, -0.2) is 9.59 Å². The van der Waals surface area contributed by atoms with Crippen molar-refractivity contribution in [3.05, 3.63) is 180 Å². The number of benzene rings is 5. The molecule has 0 aliphatic rings. The summed E-state index contributed by atoms with van der Waals surface area (Å²) in [5.74, 6) is -3.48. The fraction of sp³-hybridized carbons (Fsp3) is 0.246. The highest BCUT2D eigenvalue weighted by Gasteiger charge is 2.35. The molecule has 79 heavy (non-hydrogen) atoms. The number of nitrogens with one attached hydrogen (secondary N) is 10. The number of hydrogen-bond donors (Lipinski definition) is 10. The summed E-state index contributed by atoms with van der Waals surface area (Å²) in [4.78, 5) is 104. The molecule has 0 bridgehead atoms. The van der Waals surface area contributed by atoms with Crippen LogP contribution in [0.5, 0.6) is 0 Å². The second-order valence-corrected chi connectivity index (χ2v) is 20.8. The summed E-state index contributed by atoms with van der Waals surface area (Å²) >= 11 is 0. The predicted octanol–water partition coefficient (Wildman–Crippen LogP) is 7.61. The molecule has 5 aromatic carbocycles. The van der Waals surface area contributed by atoms with Gasteiger partial charge in [0, 0.05) is 118 Å². The summed E-state index contributed by atoms with van der Waals surface area (Å²) in [7, 11) is 1.25. The third-order valence-corrected chi connectivity index (χ3v) is 14.2. The molecule has 5 unspecified atom stereocenters. The number of aromatic amines is 5. The van der Waals surface area contributed by atoms with Gasteiger partial charge in [0.25, 0.3) is 0 Å². The molecule has 0 aliphatic heterocycles. The molecule has 0 saturated carbocycles. The summed E-state index contributed by atoms with van der Waals surface area (Å²) in [6, 6.07) is 31.5. The lowest BCUT2D eigenvalue weighted by atomic mass is 9.99. The smallest absolute Gasteiger partial charge is 0.408 e. The van der Waals surface area contributed by atoms with Crippen molar-refractivity contribution in [3.63, 3.8) is 0 Å². The molecule has 5 heterocycles. The van der Waals surface area contributed by atoms with E-state index in [0.29, 0.717) is 16.7 Å². The minimum absolute atomic E-state index is 0.0158. The van der Waals surface area contributed by atoms with Crippen molar-refractivity contribution in [2.75, 3.05) is 7.11 Å². The van der Waals surface area contributed by atoms with Gasteiger partial charge in [0.1, 0.15) is 35.8 Å². The third-order valence-electron chi connectivity index (χ3n) is 14.2. The normalized spacial score (nSPS) is 13.6. The topological polar surface area (TPSA) is 260 Å². The Labute approximate surface area is 454 Å². The second kappa shape index (κ2) is 22.9. The fourth-order valence-corrected chi connectivity index (χ4v) is 10.3. The average molecular weight is 1060 g/mol. The van der Waals surface area contributed by atoms with Gasteiger partial charge in [0.15, 0.2) is 0 Å². The second-order valence-electron chi connectivity index (χ2n) is 20.8. The first-order valence-electron chi connectivity index (χ1n) is 26.2. The molecule has 5 amide bonds. The maximum atomic E-state index is 15.3. The molecule has 0 aliphatic carbocycles. The number of amides is 5. The molecule has 18 heteroatoms. The Morgan fingerprint density at radius 3 is 0.886 bits per heavy atom. The Morgan fingerprint density at radius 1 is 0.380 bits per heavy atom. The molecule has 404 valence electrons. The largest absolute Gasteiger partial charge is 0.467 e. The molecule has 0 saturated heterocycles. The van der Waals surface area contributed by atoms with Gasteiger partial charge in [0.05, 0.1) is 7.11 Å². The lowest BCUT2D eigenvalue weighted by Gasteiger charge is -2.27. The van der Waals surface area contributed by atoms with Gasteiger partial charge in [-0.2, -0.15) is 0 Å². The minimum atomic E-state index is -1.35. The van der Waals surface area contributed by atoms with Crippen LogP contribution in [0.25, 0.3) is 54.5 Å². The highest BCUT2D eigenvalue weighted by molar-refractivity contribution is 5.98. The number of alkyl carbamates (subject to hydrolysis) is 1. The first-order chi connectivity index (χ1) is 38.2. The van der Waals surface area contributed by atoms with Crippen molar-refractivity contribution in [2.24, 2.45) is 0 Å². The Morgan fingerprint density at radius 2 is 0.620 bits per heavy atom. The minimum Gasteiger partial charge on any atom is -0.467 e. The zero-order chi connectivity index (χ0) is 55.2. The van der Waals surface area contributed by atoms with Crippen molar-refractivity contribution in [2.45, 2.75) is 88.7 Å². The Balaban J connectivity index is 0.985. The highest BCUT2D eigenvalue weighted by atomic mass is 16.6. The van der Waals surface area contributed by atoms with E-state index in [-0.39, 0.29) is 32.1 Å². The standard InChI is InChI=1S/C61H62N10O8/c1-61(2,3)79-60(77)71-53(28-38-33-65-48-23-13-8-18-43(38)48)58(75)69-51(26-36-31-63-46-21-11-6-16-41(36)46)56(73)67-50(25-35-30-62-45-20-10-5-15-40(35)45)55(72)68-52(27-37-32-64-47-22-12-7-17-42(37)47)57(74)70-54(59(76)78-4)29-39-34-66-49-24-14-9-19-44(39)49/h5-24,30-34,50-54,62-66H,25-29H2,1-4H3,(H,67,73)(H,68,72)(H,69,75)(H,70,74)(H,71,77). The van der Waals surface area contributed by atoms with E-state index >= 15 is 9.59 Å². The number of fused-ring (bicyclic) bond motifs is 5. The van der Waals surface area contributed by atoms with Crippen molar-refractivity contribution in [1.29, 1.82) is 0 Å². The van der Waals surface area contributed by atoms with Crippen LogP contribution in [0.4, 0.5) is 4.79 Å². The van der Waals surface area contributed by atoms with E-state index in [0.717, 1.165) is 65.6 Å². The summed E-state index contributed by atoms with van der Waals surface area (Å²) in [6.45, 7) is 5.15. The van der Waals surface area contributed by atoms with Gasteiger partial charge in [-0.1, -0.05) is 91.0 Å². The molecule has 5 atom stereocenters. The van der Waals surface area contributed by atoms with Gasteiger partial charge in [0.2, 0.25) is 23.6 Å². The van der Waals surface area contributed by atoms with Crippen LogP contribution in [-0.2, 0) is 65.6 Å². The van der Waals surface area contributed by atoms with E-state index < -0.39 is 71.5 Å².